The summed E-state index contributed by atoms with van der Waals surface area (Å²) in [6.07, 6.45) is 2.33. The second kappa shape index (κ2) is 7.58. The van der Waals surface area contributed by atoms with Gasteiger partial charge >= 0.3 is 0 Å². The van der Waals surface area contributed by atoms with E-state index in [-0.39, 0.29) is 11.9 Å². The maximum atomic E-state index is 13.7. The topological polar surface area (TPSA) is 30.5 Å². The van der Waals surface area contributed by atoms with E-state index in [1.807, 2.05) is 12.1 Å². The highest BCUT2D eigenvalue weighted by atomic mass is 19.1. The molecule has 0 radical (unpaired) electrons. The van der Waals surface area contributed by atoms with Crippen LogP contribution in [0.4, 0.5) is 4.39 Å². The Morgan fingerprint density at radius 2 is 2.37 bits per heavy atom. The molecule has 19 heavy (non-hydrogen) atoms. The van der Waals surface area contributed by atoms with Gasteiger partial charge in [0.25, 0.3) is 0 Å². The molecule has 106 valence electrons. The average Bonchev–Trinajstić information content (AvgIpc) is 2.92. The number of nitrogens with one attached hydrogen (secondary N) is 1. The van der Waals surface area contributed by atoms with Crippen LogP contribution in [0.25, 0.3) is 0 Å². The van der Waals surface area contributed by atoms with Crippen LogP contribution in [0, 0.1) is 5.82 Å². The van der Waals surface area contributed by atoms with Gasteiger partial charge in [0, 0.05) is 18.7 Å². The molecule has 1 fully saturated rings. The Bertz CT molecular complexity index is 392. The molecule has 1 aliphatic heterocycles. The third kappa shape index (κ3) is 4.56. The van der Waals surface area contributed by atoms with Crippen LogP contribution in [0.15, 0.2) is 18.2 Å². The van der Waals surface area contributed by atoms with Gasteiger partial charge in [-0.2, -0.15) is 0 Å². The molecule has 2 rings (SSSR count). The Hall–Kier alpha value is -0.970. The molecule has 3 nitrogen and oxygen atoms in total. The van der Waals surface area contributed by atoms with Crippen LogP contribution in [0.1, 0.15) is 30.9 Å². The average molecular weight is 267 g/mol. The van der Waals surface area contributed by atoms with Crippen LogP contribution in [-0.2, 0) is 22.6 Å². The lowest BCUT2D eigenvalue weighted by Gasteiger charge is -2.11. The first-order chi connectivity index (χ1) is 9.29. The summed E-state index contributed by atoms with van der Waals surface area (Å²) < 4.78 is 24.7. The van der Waals surface area contributed by atoms with E-state index in [0.29, 0.717) is 18.8 Å². The highest BCUT2D eigenvalue weighted by Gasteiger charge is 2.15. The van der Waals surface area contributed by atoms with E-state index in [2.05, 4.69) is 12.2 Å². The molecule has 1 N–H and O–H groups in total. The van der Waals surface area contributed by atoms with E-state index < -0.39 is 0 Å². The molecule has 0 spiro atoms. The van der Waals surface area contributed by atoms with Crippen LogP contribution in [0.3, 0.4) is 0 Å². The molecule has 1 unspecified atom stereocenters. The SMILES string of the molecule is CCNCc1ccc(F)c(COCC2CCCO2)c1. The maximum absolute atomic E-state index is 13.7. The van der Waals surface area contributed by atoms with Gasteiger partial charge < -0.3 is 14.8 Å². The van der Waals surface area contributed by atoms with Crippen molar-refractivity contribution in [2.45, 2.75) is 39.0 Å². The van der Waals surface area contributed by atoms with Crippen LogP contribution in [0.2, 0.25) is 0 Å². The summed E-state index contributed by atoms with van der Waals surface area (Å²) in [6.45, 7) is 5.40. The lowest BCUT2D eigenvalue weighted by atomic mass is 10.1. The van der Waals surface area contributed by atoms with Gasteiger partial charge in [0.05, 0.1) is 19.3 Å². The maximum Gasteiger partial charge on any atom is 0.128 e. The molecule has 1 aliphatic rings. The van der Waals surface area contributed by atoms with E-state index in [9.17, 15) is 4.39 Å². The van der Waals surface area contributed by atoms with E-state index >= 15 is 0 Å². The number of halogens is 1. The standard InChI is InChI=1S/C15H22FNO2/c1-2-17-9-12-5-6-15(16)13(8-12)10-18-11-14-4-3-7-19-14/h5-6,8,14,17H,2-4,7,9-11H2,1H3. The van der Waals surface area contributed by atoms with E-state index in [4.69, 9.17) is 9.47 Å². The quantitative estimate of drug-likeness (QED) is 0.824. The minimum atomic E-state index is -0.201. The van der Waals surface area contributed by atoms with E-state index in [1.54, 1.807) is 0 Å². The summed E-state index contributed by atoms with van der Waals surface area (Å²) in [5.41, 5.74) is 1.70. The Labute approximate surface area is 114 Å². The molecule has 0 bridgehead atoms. The van der Waals surface area contributed by atoms with Gasteiger partial charge in [-0.25, -0.2) is 4.39 Å². The molecule has 1 aromatic carbocycles. The number of hydrogen-bond acceptors (Lipinski definition) is 3. The fourth-order valence-corrected chi connectivity index (χ4v) is 2.19. The van der Waals surface area contributed by atoms with Crippen molar-refractivity contribution in [2.75, 3.05) is 19.8 Å². The highest BCUT2D eigenvalue weighted by Crippen LogP contribution is 2.15. The predicted octanol–water partition coefficient (Wildman–Crippen LogP) is 2.63. The normalized spacial score (nSPS) is 18.9. The largest absolute Gasteiger partial charge is 0.376 e. The molecule has 1 saturated heterocycles. The third-order valence-corrected chi connectivity index (χ3v) is 3.27. The summed E-state index contributed by atoms with van der Waals surface area (Å²) in [5, 5.41) is 3.23. The van der Waals surface area contributed by atoms with Crippen molar-refractivity contribution in [3.05, 3.63) is 35.1 Å². The zero-order valence-corrected chi connectivity index (χ0v) is 11.5. The van der Waals surface area contributed by atoms with Crippen molar-refractivity contribution >= 4 is 0 Å². The van der Waals surface area contributed by atoms with Crippen LogP contribution in [0.5, 0.6) is 0 Å². The van der Waals surface area contributed by atoms with Crippen LogP contribution >= 0.6 is 0 Å². The Kier molecular flexibility index (Phi) is 5.76. The van der Waals surface area contributed by atoms with Gasteiger partial charge in [0.1, 0.15) is 5.82 Å². The summed E-state index contributed by atoms with van der Waals surface area (Å²) in [7, 11) is 0. The second-order valence-electron chi connectivity index (χ2n) is 4.86. The highest BCUT2D eigenvalue weighted by molar-refractivity contribution is 5.24. The minimum absolute atomic E-state index is 0.188. The van der Waals surface area contributed by atoms with Crippen molar-refractivity contribution in [2.24, 2.45) is 0 Å². The lowest BCUT2D eigenvalue weighted by molar-refractivity contribution is 0.00981. The zero-order chi connectivity index (χ0) is 13.5. The molecule has 1 aromatic rings. The predicted molar refractivity (Wildman–Crippen MR) is 72.4 cm³/mol. The Morgan fingerprint density at radius 1 is 1.47 bits per heavy atom. The van der Waals surface area contributed by atoms with Crippen LogP contribution < -0.4 is 5.32 Å². The fraction of sp³-hybridized carbons (Fsp3) is 0.600. The number of ether oxygens (including phenoxy) is 2. The Morgan fingerprint density at radius 3 is 3.11 bits per heavy atom. The van der Waals surface area contributed by atoms with Crippen molar-refractivity contribution in [3.63, 3.8) is 0 Å². The molecule has 0 aliphatic carbocycles. The van der Waals surface area contributed by atoms with Crippen LogP contribution in [-0.4, -0.2) is 25.9 Å². The molecular weight excluding hydrogens is 245 g/mol. The van der Waals surface area contributed by atoms with Crippen molar-refractivity contribution in [1.82, 2.24) is 5.32 Å². The zero-order valence-electron chi connectivity index (χ0n) is 11.5. The first-order valence-corrected chi connectivity index (χ1v) is 6.97. The second-order valence-corrected chi connectivity index (χ2v) is 4.86. The first-order valence-electron chi connectivity index (χ1n) is 6.97. The van der Waals surface area contributed by atoms with Gasteiger partial charge in [0.15, 0.2) is 0 Å². The summed E-state index contributed by atoms with van der Waals surface area (Å²) in [5.74, 6) is -0.201. The Balaban J connectivity index is 1.83. The number of benzene rings is 1. The molecule has 0 saturated carbocycles. The van der Waals surface area contributed by atoms with Gasteiger partial charge in [0.2, 0.25) is 0 Å². The summed E-state index contributed by atoms with van der Waals surface area (Å²) in [4.78, 5) is 0. The number of rotatable bonds is 7. The molecule has 0 aromatic heterocycles. The first kappa shape index (κ1) is 14.4. The molecule has 1 atom stereocenters. The van der Waals surface area contributed by atoms with Gasteiger partial charge in [-0.3, -0.25) is 0 Å². The molecule has 0 amide bonds. The van der Waals surface area contributed by atoms with Crippen molar-refractivity contribution in [3.8, 4) is 0 Å². The summed E-state index contributed by atoms with van der Waals surface area (Å²) >= 11 is 0. The monoisotopic (exact) mass is 267 g/mol. The molecular formula is C15H22FNO2. The molecule has 4 heteroatoms. The minimum Gasteiger partial charge on any atom is -0.376 e. The van der Waals surface area contributed by atoms with E-state index in [0.717, 1.165) is 38.1 Å². The van der Waals surface area contributed by atoms with E-state index in [1.165, 1.54) is 6.07 Å². The third-order valence-electron chi connectivity index (χ3n) is 3.27. The van der Waals surface area contributed by atoms with Gasteiger partial charge in [-0.15, -0.1) is 0 Å². The summed E-state index contributed by atoms with van der Waals surface area (Å²) in [6, 6.07) is 5.19. The van der Waals surface area contributed by atoms with Crippen molar-refractivity contribution < 1.29 is 13.9 Å². The number of hydrogen-bond donors (Lipinski definition) is 1. The van der Waals surface area contributed by atoms with Gasteiger partial charge in [-0.05, 0) is 37.1 Å². The smallest absolute Gasteiger partial charge is 0.128 e. The van der Waals surface area contributed by atoms with Gasteiger partial charge in [-0.1, -0.05) is 13.0 Å². The lowest BCUT2D eigenvalue weighted by Crippen LogP contribution is -2.15. The van der Waals surface area contributed by atoms with Crippen molar-refractivity contribution in [1.29, 1.82) is 0 Å². The fourth-order valence-electron chi connectivity index (χ4n) is 2.19. The molecule has 1 heterocycles.